The van der Waals surface area contributed by atoms with Crippen LogP contribution in [-0.2, 0) is 4.74 Å². The molecule has 1 spiro atoms. The molecule has 0 saturated carbocycles. The molecule has 5 nitrogen and oxygen atoms in total. The fourth-order valence-corrected chi connectivity index (χ4v) is 3.92. The van der Waals surface area contributed by atoms with E-state index in [0.717, 1.165) is 58.7 Å². The van der Waals surface area contributed by atoms with Gasteiger partial charge in [-0.05, 0) is 32.9 Å². The van der Waals surface area contributed by atoms with Gasteiger partial charge in [-0.1, -0.05) is 13.8 Å². The van der Waals surface area contributed by atoms with Gasteiger partial charge in [0, 0.05) is 44.8 Å². The van der Waals surface area contributed by atoms with E-state index in [1.165, 1.54) is 6.42 Å². The van der Waals surface area contributed by atoms with E-state index in [4.69, 9.17) is 10.5 Å². The summed E-state index contributed by atoms with van der Waals surface area (Å²) in [4.78, 5) is 5.02. The summed E-state index contributed by atoms with van der Waals surface area (Å²) in [5, 5.41) is 3.38. The van der Waals surface area contributed by atoms with Crippen LogP contribution in [0.1, 0.15) is 33.1 Å². The second-order valence-corrected chi connectivity index (χ2v) is 6.53. The lowest BCUT2D eigenvalue weighted by molar-refractivity contribution is -0.135. The molecule has 0 radical (unpaired) electrons. The first-order valence-electron chi connectivity index (χ1n) is 8.71. The fraction of sp³-hybridized carbons (Fsp3) is 1.00. The van der Waals surface area contributed by atoms with Gasteiger partial charge in [0.2, 0.25) is 0 Å². The van der Waals surface area contributed by atoms with Gasteiger partial charge in [0.25, 0.3) is 0 Å². The van der Waals surface area contributed by atoms with Crippen molar-refractivity contribution in [2.75, 3.05) is 52.9 Å². The average molecular weight is 298 g/mol. The molecule has 0 amide bonds. The summed E-state index contributed by atoms with van der Waals surface area (Å²) in [6, 6.07) is 0.859. The van der Waals surface area contributed by atoms with Crippen molar-refractivity contribution < 1.29 is 4.74 Å². The molecule has 3 aliphatic heterocycles. The summed E-state index contributed by atoms with van der Waals surface area (Å²) >= 11 is 0. The first-order valence-corrected chi connectivity index (χ1v) is 8.71. The van der Waals surface area contributed by atoms with Gasteiger partial charge in [0.15, 0.2) is 0 Å². The third kappa shape index (κ3) is 4.17. The van der Waals surface area contributed by atoms with E-state index in [0.29, 0.717) is 6.04 Å². The van der Waals surface area contributed by atoms with E-state index in [1.54, 1.807) is 0 Å². The standard InChI is InChI=1S/C14H28N4O.C2H6/c1-17-8-9-19-14(11-17)3-6-18(7-4-14)13-2-5-16-10-12(13)15;1-2/h12-13,16H,2-11,15H2,1H3;1-2H3. The number of likely N-dealkylation sites (tertiary alicyclic amines) is 1. The van der Waals surface area contributed by atoms with Gasteiger partial charge in [-0.3, -0.25) is 4.90 Å². The third-order valence-electron chi connectivity index (χ3n) is 5.11. The lowest BCUT2D eigenvalue weighted by Gasteiger charge is -2.49. The lowest BCUT2D eigenvalue weighted by Crippen LogP contribution is -2.62. The summed E-state index contributed by atoms with van der Waals surface area (Å²) in [5.41, 5.74) is 6.38. The number of hydrogen-bond donors (Lipinski definition) is 2. The molecule has 3 aliphatic rings. The third-order valence-corrected chi connectivity index (χ3v) is 5.11. The number of nitrogens with zero attached hydrogens (tertiary/aromatic N) is 2. The highest BCUT2D eigenvalue weighted by Gasteiger charge is 2.41. The van der Waals surface area contributed by atoms with Crippen LogP contribution in [0.5, 0.6) is 0 Å². The van der Waals surface area contributed by atoms with Gasteiger partial charge in [0.05, 0.1) is 12.2 Å². The Morgan fingerprint density at radius 3 is 2.52 bits per heavy atom. The van der Waals surface area contributed by atoms with Gasteiger partial charge < -0.3 is 20.7 Å². The van der Waals surface area contributed by atoms with Crippen LogP contribution in [0.4, 0.5) is 0 Å². The number of likely N-dealkylation sites (N-methyl/N-ethyl adjacent to an activating group) is 1. The second-order valence-electron chi connectivity index (χ2n) is 6.53. The molecule has 3 saturated heterocycles. The maximum atomic E-state index is 6.26. The van der Waals surface area contributed by atoms with Crippen molar-refractivity contribution in [1.29, 1.82) is 0 Å². The Morgan fingerprint density at radius 1 is 1.19 bits per heavy atom. The molecule has 2 atom stereocenters. The summed E-state index contributed by atoms with van der Waals surface area (Å²) in [5.74, 6) is 0. The molecular formula is C16H34N4O. The molecular weight excluding hydrogens is 264 g/mol. The molecule has 0 aromatic rings. The number of piperidine rings is 2. The molecule has 0 aromatic carbocycles. The quantitative estimate of drug-likeness (QED) is 0.738. The Balaban J connectivity index is 0.000000774. The molecule has 3 rings (SSSR count). The predicted octanol–water partition coefficient (Wildman–Crippen LogP) is 0.498. The van der Waals surface area contributed by atoms with E-state index in [1.807, 2.05) is 13.8 Å². The zero-order valence-corrected chi connectivity index (χ0v) is 14.1. The molecule has 5 heteroatoms. The number of hydrogen-bond acceptors (Lipinski definition) is 5. The fourth-order valence-electron chi connectivity index (χ4n) is 3.92. The Hall–Kier alpha value is -0.200. The molecule has 0 bridgehead atoms. The number of ether oxygens (including phenoxy) is 1. The van der Waals surface area contributed by atoms with E-state index >= 15 is 0 Å². The predicted molar refractivity (Wildman–Crippen MR) is 87.6 cm³/mol. The van der Waals surface area contributed by atoms with Crippen LogP contribution in [-0.4, -0.2) is 80.4 Å². The highest BCUT2D eigenvalue weighted by molar-refractivity contribution is 4.96. The summed E-state index contributed by atoms with van der Waals surface area (Å²) in [6.45, 7) is 11.4. The highest BCUT2D eigenvalue weighted by Crippen LogP contribution is 2.31. The molecule has 3 fully saturated rings. The van der Waals surface area contributed by atoms with Gasteiger partial charge in [0.1, 0.15) is 0 Å². The maximum Gasteiger partial charge on any atom is 0.0833 e. The van der Waals surface area contributed by atoms with Crippen molar-refractivity contribution in [3.8, 4) is 0 Å². The first-order chi connectivity index (χ1) is 10.2. The van der Waals surface area contributed by atoms with Crippen LogP contribution < -0.4 is 11.1 Å². The minimum atomic E-state index is 0.126. The molecule has 3 heterocycles. The molecule has 3 N–H and O–H groups in total. The Morgan fingerprint density at radius 2 is 1.90 bits per heavy atom. The number of nitrogens with two attached hydrogens (primary N) is 1. The van der Waals surface area contributed by atoms with E-state index in [9.17, 15) is 0 Å². The zero-order chi connectivity index (χ0) is 15.3. The maximum absolute atomic E-state index is 6.26. The Labute approximate surface area is 130 Å². The van der Waals surface area contributed by atoms with E-state index < -0.39 is 0 Å². The lowest BCUT2D eigenvalue weighted by atomic mass is 9.87. The molecule has 0 aromatic heterocycles. The average Bonchev–Trinajstić information content (AvgIpc) is 2.51. The Kier molecular flexibility index (Phi) is 6.44. The number of rotatable bonds is 1. The molecule has 0 aliphatic carbocycles. The largest absolute Gasteiger partial charge is 0.372 e. The minimum absolute atomic E-state index is 0.126. The van der Waals surface area contributed by atoms with Crippen LogP contribution in [0.3, 0.4) is 0 Å². The molecule has 124 valence electrons. The minimum Gasteiger partial charge on any atom is -0.372 e. The molecule has 21 heavy (non-hydrogen) atoms. The highest BCUT2D eigenvalue weighted by atomic mass is 16.5. The van der Waals surface area contributed by atoms with Gasteiger partial charge in [-0.2, -0.15) is 0 Å². The van der Waals surface area contributed by atoms with E-state index in [-0.39, 0.29) is 11.6 Å². The van der Waals surface area contributed by atoms with Crippen LogP contribution in [0.2, 0.25) is 0 Å². The number of nitrogens with one attached hydrogen (secondary N) is 1. The summed E-state index contributed by atoms with van der Waals surface area (Å²) < 4.78 is 6.13. The van der Waals surface area contributed by atoms with Gasteiger partial charge in [-0.25, -0.2) is 0 Å². The number of morpholine rings is 1. The second kappa shape index (κ2) is 7.88. The van der Waals surface area contributed by atoms with Crippen molar-refractivity contribution >= 4 is 0 Å². The van der Waals surface area contributed by atoms with Gasteiger partial charge >= 0.3 is 0 Å². The topological polar surface area (TPSA) is 53.8 Å². The monoisotopic (exact) mass is 298 g/mol. The van der Waals surface area contributed by atoms with Crippen molar-refractivity contribution in [2.45, 2.75) is 50.8 Å². The van der Waals surface area contributed by atoms with Crippen LogP contribution >= 0.6 is 0 Å². The summed E-state index contributed by atoms with van der Waals surface area (Å²) in [6.07, 6.45) is 3.51. The van der Waals surface area contributed by atoms with E-state index in [2.05, 4.69) is 22.2 Å². The smallest absolute Gasteiger partial charge is 0.0833 e. The first kappa shape index (κ1) is 17.2. The van der Waals surface area contributed by atoms with Crippen molar-refractivity contribution in [1.82, 2.24) is 15.1 Å². The normalized spacial score (nSPS) is 34.3. The van der Waals surface area contributed by atoms with Crippen molar-refractivity contribution in [2.24, 2.45) is 5.73 Å². The SMILES string of the molecule is CC.CN1CCOC2(CCN(C3CCNCC3N)CC2)C1. The summed E-state index contributed by atoms with van der Waals surface area (Å²) in [7, 11) is 2.21. The zero-order valence-electron chi connectivity index (χ0n) is 14.1. The van der Waals surface area contributed by atoms with Crippen LogP contribution in [0, 0.1) is 0 Å². The van der Waals surface area contributed by atoms with Gasteiger partial charge in [-0.15, -0.1) is 0 Å². The van der Waals surface area contributed by atoms with Crippen molar-refractivity contribution in [3.63, 3.8) is 0 Å². The van der Waals surface area contributed by atoms with Crippen LogP contribution in [0.15, 0.2) is 0 Å². The molecule has 2 unspecified atom stereocenters. The van der Waals surface area contributed by atoms with Crippen molar-refractivity contribution in [3.05, 3.63) is 0 Å². The Bertz CT molecular complexity index is 305. The van der Waals surface area contributed by atoms with Crippen LogP contribution in [0.25, 0.3) is 0 Å².